The first kappa shape index (κ1) is 80.3. The molecule has 2 atom stereocenters. The van der Waals surface area contributed by atoms with Crippen molar-refractivity contribution < 1.29 is 24.5 Å². The fourth-order valence-corrected chi connectivity index (χ4v) is 12.0. The van der Waals surface area contributed by atoms with E-state index in [0.29, 0.717) is 25.9 Å². The molecule has 0 rings (SSSR count). The lowest BCUT2D eigenvalue weighted by Crippen LogP contribution is -2.45. The van der Waals surface area contributed by atoms with Gasteiger partial charge in [0.1, 0.15) is 0 Å². The molecular formula is C76H147NO5. The molecule has 0 aliphatic rings. The lowest BCUT2D eigenvalue weighted by Gasteiger charge is -2.22. The summed E-state index contributed by atoms with van der Waals surface area (Å²) in [5.41, 5.74) is 0. The number of amides is 1. The van der Waals surface area contributed by atoms with Gasteiger partial charge in [0.25, 0.3) is 0 Å². The summed E-state index contributed by atoms with van der Waals surface area (Å²) in [5, 5.41) is 23.4. The second kappa shape index (κ2) is 71.8. The molecule has 0 aromatic rings. The first-order valence-electron chi connectivity index (χ1n) is 37.6. The van der Waals surface area contributed by atoms with E-state index in [4.69, 9.17) is 4.74 Å². The molecule has 0 bridgehead atoms. The van der Waals surface area contributed by atoms with E-state index in [-0.39, 0.29) is 18.5 Å². The zero-order valence-electron chi connectivity index (χ0n) is 55.8. The Hall–Kier alpha value is -1.66. The molecule has 2 unspecified atom stereocenters. The molecule has 0 fully saturated rings. The third-order valence-corrected chi connectivity index (χ3v) is 17.7. The number of ether oxygens (including phenoxy) is 1. The molecule has 0 heterocycles. The van der Waals surface area contributed by atoms with Crippen LogP contribution in [-0.4, -0.2) is 47.4 Å². The minimum Gasteiger partial charge on any atom is -0.466 e. The normalized spacial score (nSPS) is 12.6. The maximum Gasteiger partial charge on any atom is 0.305 e. The van der Waals surface area contributed by atoms with Crippen LogP contribution >= 0.6 is 0 Å². The topological polar surface area (TPSA) is 95.9 Å². The van der Waals surface area contributed by atoms with Gasteiger partial charge in [-0.1, -0.05) is 359 Å². The number of carbonyl (C=O) groups excluding carboxylic acids is 2. The molecule has 6 heteroatoms. The molecule has 486 valence electrons. The van der Waals surface area contributed by atoms with Crippen molar-refractivity contribution in [3.05, 3.63) is 24.3 Å². The molecule has 0 aromatic carbocycles. The fraction of sp³-hybridized carbons (Fsp3) is 0.921. The predicted octanol–water partition coefficient (Wildman–Crippen LogP) is 24.5. The largest absolute Gasteiger partial charge is 0.466 e. The Morgan fingerprint density at radius 1 is 0.329 bits per heavy atom. The molecule has 0 aromatic heterocycles. The van der Waals surface area contributed by atoms with Crippen molar-refractivity contribution in [3.8, 4) is 0 Å². The molecule has 3 N–H and O–H groups in total. The molecular weight excluding hydrogens is 1010 g/mol. The van der Waals surface area contributed by atoms with E-state index in [1.165, 1.54) is 347 Å². The predicted molar refractivity (Wildman–Crippen MR) is 361 cm³/mol. The lowest BCUT2D eigenvalue weighted by molar-refractivity contribution is -0.143. The summed E-state index contributed by atoms with van der Waals surface area (Å²) in [7, 11) is 0. The Morgan fingerprint density at radius 2 is 0.573 bits per heavy atom. The van der Waals surface area contributed by atoms with Crippen molar-refractivity contribution in [2.45, 2.75) is 437 Å². The van der Waals surface area contributed by atoms with Crippen LogP contribution in [0.25, 0.3) is 0 Å². The van der Waals surface area contributed by atoms with E-state index in [1.807, 2.05) is 0 Å². The number of esters is 1. The summed E-state index contributed by atoms with van der Waals surface area (Å²) in [6, 6.07) is -0.541. The highest BCUT2D eigenvalue weighted by atomic mass is 16.5. The van der Waals surface area contributed by atoms with Crippen LogP contribution in [0.15, 0.2) is 24.3 Å². The quantitative estimate of drug-likeness (QED) is 0.0320. The van der Waals surface area contributed by atoms with E-state index in [2.05, 4.69) is 43.5 Å². The first-order chi connectivity index (χ1) is 40.5. The van der Waals surface area contributed by atoms with Gasteiger partial charge in [0, 0.05) is 12.8 Å². The van der Waals surface area contributed by atoms with Gasteiger partial charge in [0.2, 0.25) is 5.91 Å². The SMILES string of the molecule is CCCCCCCC/C=C\CCCCCCCCCC(=O)OCCCCCCCCCCCCCC/C=C\CCCCCCCCCCCCCCCC(=O)NC(CO)C(O)CCCCCCCCCCCCCCCCCCCCC. The van der Waals surface area contributed by atoms with Gasteiger partial charge >= 0.3 is 5.97 Å². The average molecular weight is 1160 g/mol. The Kier molecular flexibility index (Phi) is 70.4. The van der Waals surface area contributed by atoms with Gasteiger partial charge in [0.15, 0.2) is 0 Å². The number of aliphatic hydroxyl groups excluding tert-OH is 2. The van der Waals surface area contributed by atoms with Gasteiger partial charge in [-0.05, 0) is 77.0 Å². The number of carbonyl (C=O) groups is 2. The van der Waals surface area contributed by atoms with E-state index in [0.717, 1.165) is 44.9 Å². The lowest BCUT2D eigenvalue weighted by atomic mass is 10.0. The van der Waals surface area contributed by atoms with E-state index >= 15 is 0 Å². The Morgan fingerprint density at radius 3 is 0.866 bits per heavy atom. The summed E-state index contributed by atoms with van der Waals surface area (Å²) in [4.78, 5) is 24.6. The summed E-state index contributed by atoms with van der Waals surface area (Å²) >= 11 is 0. The van der Waals surface area contributed by atoms with Gasteiger partial charge in [0.05, 0.1) is 25.4 Å². The van der Waals surface area contributed by atoms with Gasteiger partial charge in [-0.15, -0.1) is 0 Å². The van der Waals surface area contributed by atoms with Crippen LogP contribution in [0.2, 0.25) is 0 Å². The molecule has 0 saturated heterocycles. The summed E-state index contributed by atoms with van der Waals surface area (Å²) in [6.45, 7) is 4.99. The van der Waals surface area contributed by atoms with Crippen molar-refractivity contribution in [1.82, 2.24) is 5.32 Å². The standard InChI is InChI=1S/C76H147NO5/c1-3-5-7-9-11-13-15-17-19-21-33-37-40-44-48-52-56-60-64-68-74(79)73(72-78)77-75(80)69-65-61-57-53-49-45-41-38-34-31-29-27-25-23-22-24-26-28-30-32-35-39-43-47-51-55-59-63-67-71-82-76(81)70-66-62-58-54-50-46-42-36-20-18-16-14-12-10-8-6-4-2/h18,20,22,24,73-74,78-79H,3-17,19,21,23,25-72H2,1-2H3,(H,77,80)/b20-18-,24-22-. The average Bonchev–Trinajstić information content (AvgIpc) is 3.48. The number of hydrogen-bond donors (Lipinski definition) is 3. The third kappa shape index (κ3) is 67.5. The second-order valence-electron chi connectivity index (χ2n) is 26.0. The molecule has 0 aliphatic heterocycles. The zero-order valence-corrected chi connectivity index (χ0v) is 55.8. The number of hydrogen-bond acceptors (Lipinski definition) is 5. The van der Waals surface area contributed by atoms with Crippen molar-refractivity contribution in [2.75, 3.05) is 13.2 Å². The highest BCUT2D eigenvalue weighted by Crippen LogP contribution is 2.19. The number of rotatable bonds is 71. The maximum absolute atomic E-state index is 12.5. The van der Waals surface area contributed by atoms with Crippen LogP contribution in [0.1, 0.15) is 425 Å². The number of aliphatic hydroxyl groups is 2. The number of unbranched alkanes of at least 4 members (excludes halogenated alkanes) is 56. The van der Waals surface area contributed by atoms with Crippen molar-refractivity contribution in [3.63, 3.8) is 0 Å². The Labute approximate surface area is 513 Å². The van der Waals surface area contributed by atoms with Crippen molar-refractivity contribution >= 4 is 11.9 Å². The van der Waals surface area contributed by atoms with E-state index in [9.17, 15) is 19.8 Å². The minimum absolute atomic E-state index is 0.0141. The van der Waals surface area contributed by atoms with Crippen LogP contribution in [0, 0.1) is 0 Å². The Balaban J connectivity index is 3.36. The molecule has 82 heavy (non-hydrogen) atoms. The highest BCUT2D eigenvalue weighted by molar-refractivity contribution is 5.76. The smallest absolute Gasteiger partial charge is 0.305 e. The molecule has 0 spiro atoms. The van der Waals surface area contributed by atoms with Crippen LogP contribution in [0.5, 0.6) is 0 Å². The van der Waals surface area contributed by atoms with E-state index < -0.39 is 12.1 Å². The molecule has 0 aliphatic carbocycles. The summed E-state index contributed by atoms with van der Waals surface area (Å²) in [5.74, 6) is -0.0156. The highest BCUT2D eigenvalue weighted by Gasteiger charge is 2.20. The zero-order chi connectivity index (χ0) is 59.2. The van der Waals surface area contributed by atoms with Gasteiger partial charge in [-0.25, -0.2) is 0 Å². The number of nitrogens with one attached hydrogen (secondary N) is 1. The molecule has 0 radical (unpaired) electrons. The van der Waals surface area contributed by atoms with E-state index in [1.54, 1.807) is 0 Å². The first-order valence-corrected chi connectivity index (χ1v) is 37.6. The number of allylic oxidation sites excluding steroid dienone is 4. The van der Waals surface area contributed by atoms with Gasteiger partial charge in [-0.2, -0.15) is 0 Å². The van der Waals surface area contributed by atoms with Gasteiger partial charge < -0.3 is 20.3 Å². The Bertz CT molecular complexity index is 1280. The summed E-state index contributed by atoms with van der Waals surface area (Å²) < 4.78 is 5.50. The van der Waals surface area contributed by atoms with Crippen molar-refractivity contribution in [1.29, 1.82) is 0 Å². The monoisotopic (exact) mass is 1150 g/mol. The minimum atomic E-state index is -0.664. The second-order valence-corrected chi connectivity index (χ2v) is 26.0. The van der Waals surface area contributed by atoms with Crippen LogP contribution in [0.3, 0.4) is 0 Å². The molecule has 0 saturated carbocycles. The van der Waals surface area contributed by atoms with Gasteiger partial charge in [-0.3, -0.25) is 9.59 Å². The molecule has 1 amide bonds. The van der Waals surface area contributed by atoms with Crippen LogP contribution < -0.4 is 5.32 Å². The fourth-order valence-electron chi connectivity index (χ4n) is 12.0. The van der Waals surface area contributed by atoms with Crippen molar-refractivity contribution in [2.24, 2.45) is 0 Å². The summed E-state index contributed by atoms with van der Waals surface area (Å²) in [6.07, 6.45) is 91.0. The van der Waals surface area contributed by atoms with Crippen LogP contribution in [-0.2, 0) is 14.3 Å². The maximum atomic E-state index is 12.5. The molecule has 6 nitrogen and oxygen atoms in total. The van der Waals surface area contributed by atoms with Crippen LogP contribution in [0.4, 0.5) is 0 Å². The third-order valence-electron chi connectivity index (χ3n) is 17.7.